The molecule has 4 nitrogen and oxygen atoms in total. The first-order valence-electron chi connectivity index (χ1n) is 10.5. The van der Waals surface area contributed by atoms with Gasteiger partial charge in [0.1, 0.15) is 6.10 Å². The minimum Gasteiger partial charge on any atom is -0.466 e. The van der Waals surface area contributed by atoms with E-state index < -0.39 is 11.5 Å². The lowest BCUT2D eigenvalue weighted by molar-refractivity contribution is -0.188. The number of fused-ring (bicyclic) bond motifs is 3. The minimum atomic E-state index is -0.798. The fourth-order valence-electron chi connectivity index (χ4n) is 8.03. The molecule has 4 fully saturated rings. The van der Waals surface area contributed by atoms with Gasteiger partial charge in [-0.3, -0.25) is 9.59 Å². The van der Waals surface area contributed by atoms with Gasteiger partial charge in [-0.25, -0.2) is 0 Å². The van der Waals surface area contributed by atoms with E-state index in [-0.39, 0.29) is 33.9 Å². The zero-order chi connectivity index (χ0) is 19.0. The Hall–Kier alpha value is -0.900. The Morgan fingerprint density at radius 3 is 2.50 bits per heavy atom. The van der Waals surface area contributed by atoms with Crippen LogP contribution < -0.4 is 0 Å². The number of carbonyl (C=O) groups is 2. The first-order valence-corrected chi connectivity index (χ1v) is 10.5. The zero-order valence-electron chi connectivity index (χ0n) is 16.8. The number of esters is 1. The van der Waals surface area contributed by atoms with Crippen LogP contribution >= 0.6 is 0 Å². The van der Waals surface area contributed by atoms with Crippen molar-refractivity contribution in [2.45, 2.75) is 85.2 Å². The summed E-state index contributed by atoms with van der Waals surface area (Å²) in [5, 5.41) is 10.7. The number of aliphatic hydroxyl groups is 1. The van der Waals surface area contributed by atoms with E-state index in [1.807, 2.05) is 6.92 Å². The molecule has 4 aliphatic carbocycles. The van der Waals surface area contributed by atoms with Crippen molar-refractivity contribution in [3.05, 3.63) is 0 Å². The van der Waals surface area contributed by atoms with Gasteiger partial charge < -0.3 is 9.84 Å². The molecule has 0 aromatic heterocycles. The second kappa shape index (κ2) is 5.56. The van der Waals surface area contributed by atoms with E-state index in [0.29, 0.717) is 12.5 Å². The summed E-state index contributed by atoms with van der Waals surface area (Å²) >= 11 is 0. The Morgan fingerprint density at radius 2 is 1.81 bits per heavy atom. The van der Waals surface area contributed by atoms with Gasteiger partial charge in [0.2, 0.25) is 0 Å². The molecule has 1 N–H and O–H groups in total. The van der Waals surface area contributed by atoms with Gasteiger partial charge in [0.15, 0.2) is 5.78 Å². The molecule has 0 aromatic rings. The van der Waals surface area contributed by atoms with Crippen LogP contribution in [0.25, 0.3) is 0 Å². The maximum absolute atomic E-state index is 13.2. The van der Waals surface area contributed by atoms with Crippen LogP contribution in [0.15, 0.2) is 0 Å². The van der Waals surface area contributed by atoms with E-state index in [0.717, 1.165) is 51.4 Å². The molecule has 0 amide bonds. The van der Waals surface area contributed by atoms with Gasteiger partial charge in [-0.1, -0.05) is 20.3 Å². The van der Waals surface area contributed by atoms with Crippen molar-refractivity contribution < 1.29 is 19.4 Å². The van der Waals surface area contributed by atoms with Crippen LogP contribution in [-0.2, 0) is 14.3 Å². The van der Waals surface area contributed by atoms with Crippen molar-refractivity contribution >= 4 is 11.8 Å². The summed E-state index contributed by atoms with van der Waals surface area (Å²) < 4.78 is 5.48. The van der Waals surface area contributed by atoms with Gasteiger partial charge >= 0.3 is 5.97 Å². The van der Waals surface area contributed by atoms with Crippen LogP contribution in [0, 0.1) is 33.5 Å². The molecule has 0 aliphatic heterocycles. The number of hydrogen-bond donors (Lipinski definition) is 1. The summed E-state index contributed by atoms with van der Waals surface area (Å²) in [6.07, 6.45) is 6.68. The Labute approximate surface area is 157 Å². The summed E-state index contributed by atoms with van der Waals surface area (Å²) in [7, 11) is 0. The number of Topliss-reactive ketones (excluding diaryl/α,β-unsaturated/α-hetero) is 1. The molecule has 4 heteroatoms. The number of carbonyl (C=O) groups excluding carboxylic acids is 2. The largest absolute Gasteiger partial charge is 0.466 e. The molecule has 146 valence electrons. The van der Waals surface area contributed by atoms with Crippen molar-refractivity contribution in [2.24, 2.45) is 33.5 Å². The van der Waals surface area contributed by atoms with Crippen molar-refractivity contribution in [1.29, 1.82) is 0 Å². The lowest BCUT2D eigenvalue weighted by atomic mass is 9.40. The van der Waals surface area contributed by atoms with E-state index >= 15 is 0 Å². The monoisotopic (exact) mass is 362 g/mol. The molecule has 4 rings (SSSR count). The van der Waals surface area contributed by atoms with E-state index in [4.69, 9.17) is 4.74 Å². The van der Waals surface area contributed by atoms with Crippen molar-refractivity contribution in [3.63, 3.8) is 0 Å². The maximum atomic E-state index is 13.2. The lowest BCUT2D eigenvalue weighted by Gasteiger charge is -2.63. The number of ether oxygens (including phenoxy) is 1. The highest BCUT2D eigenvalue weighted by Crippen LogP contribution is 2.72. The van der Waals surface area contributed by atoms with Gasteiger partial charge in [0.25, 0.3) is 0 Å². The summed E-state index contributed by atoms with van der Waals surface area (Å²) in [6, 6.07) is 0. The molecule has 0 saturated heterocycles. The Balaban J connectivity index is 1.74. The predicted octanol–water partition coefficient (Wildman–Crippen LogP) is 3.89. The van der Waals surface area contributed by atoms with Crippen LogP contribution in [0.3, 0.4) is 0 Å². The third kappa shape index (κ3) is 2.05. The lowest BCUT2D eigenvalue weighted by Crippen LogP contribution is -2.60. The Morgan fingerprint density at radius 1 is 1.12 bits per heavy atom. The standard InChI is InChI=1S/C22H34O4/c1-5-26-18(25)21(4)10-6-9-20(3)14(21)8-12-22-13-19(2,11-7-15(20)22)16(23)17(22)24/h14-16,23H,5-13H2,1-4H3/t14-,15-,16+,19-,20+,21+,22-/m0/s1. The van der Waals surface area contributed by atoms with Crippen molar-refractivity contribution in [2.75, 3.05) is 6.61 Å². The Bertz CT molecular complexity index is 644. The molecular weight excluding hydrogens is 328 g/mol. The molecule has 1 spiro atoms. The molecule has 4 aliphatic rings. The molecule has 0 heterocycles. The van der Waals surface area contributed by atoms with E-state index in [9.17, 15) is 14.7 Å². The minimum absolute atomic E-state index is 0.0148. The third-order valence-electron chi connectivity index (χ3n) is 9.18. The first kappa shape index (κ1) is 18.5. The SMILES string of the molecule is CCOC(=O)[C@]1(C)CCC[C@@]2(C)[C@@H]3CC[C@@]4(C)C[C@]3(CC[C@@H]21)C(=O)[C@H]4O. The summed E-state index contributed by atoms with van der Waals surface area (Å²) in [4.78, 5) is 26.1. The fraction of sp³-hybridized carbons (Fsp3) is 0.909. The number of rotatable bonds is 2. The molecule has 0 unspecified atom stereocenters. The molecule has 2 bridgehead atoms. The van der Waals surface area contributed by atoms with Crippen molar-refractivity contribution in [3.8, 4) is 0 Å². The van der Waals surface area contributed by atoms with Crippen LogP contribution in [0.4, 0.5) is 0 Å². The van der Waals surface area contributed by atoms with Gasteiger partial charge in [0, 0.05) is 10.8 Å². The summed E-state index contributed by atoms with van der Waals surface area (Å²) in [6.45, 7) is 8.83. The van der Waals surface area contributed by atoms with Gasteiger partial charge in [-0.2, -0.15) is 0 Å². The zero-order valence-corrected chi connectivity index (χ0v) is 16.8. The fourth-order valence-corrected chi connectivity index (χ4v) is 8.03. The van der Waals surface area contributed by atoms with Crippen LogP contribution in [0.5, 0.6) is 0 Å². The highest BCUT2D eigenvalue weighted by atomic mass is 16.5. The van der Waals surface area contributed by atoms with E-state index in [1.165, 1.54) is 0 Å². The van der Waals surface area contributed by atoms with Crippen molar-refractivity contribution in [1.82, 2.24) is 0 Å². The van der Waals surface area contributed by atoms with Crippen LogP contribution in [0.1, 0.15) is 79.1 Å². The van der Waals surface area contributed by atoms with Crippen LogP contribution in [-0.4, -0.2) is 29.6 Å². The van der Waals surface area contributed by atoms with E-state index in [2.05, 4.69) is 20.8 Å². The highest BCUT2D eigenvalue weighted by molar-refractivity contribution is 5.93. The molecule has 0 aromatic carbocycles. The predicted molar refractivity (Wildman–Crippen MR) is 98.3 cm³/mol. The molecule has 0 radical (unpaired) electrons. The first-order chi connectivity index (χ1) is 12.1. The molecule has 26 heavy (non-hydrogen) atoms. The Kier molecular flexibility index (Phi) is 3.95. The highest BCUT2D eigenvalue weighted by Gasteiger charge is 2.71. The average Bonchev–Trinajstić information content (AvgIpc) is 2.72. The second-order valence-electron chi connectivity index (χ2n) is 10.4. The summed E-state index contributed by atoms with van der Waals surface area (Å²) in [5.41, 5.74) is -1.05. The average molecular weight is 363 g/mol. The third-order valence-corrected chi connectivity index (χ3v) is 9.18. The normalized spacial score (nSPS) is 53.0. The second-order valence-corrected chi connectivity index (χ2v) is 10.4. The molecule has 4 saturated carbocycles. The molecular formula is C22H34O4. The van der Waals surface area contributed by atoms with Crippen LogP contribution in [0.2, 0.25) is 0 Å². The number of hydrogen-bond acceptors (Lipinski definition) is 4. The van der Waals surface area contributed by atoms with Gasteiger partial charge in [0.05, 0.1) is 12.0 Å². The smallest absolute Gasteiger partial charge is 0.312 e. The van der Waals surface area contributed by atoms with Gasteiger partial charge in [-0.15, -0.1) is 0 Å². The number of aliphatic hydroxyl groups excluding tert-OH is 1. The molecule has 7 atom stereocenters. The topological polar surface area (TPSA) is 63.6 Å². The van der Waals surface area contributed by atoms with E-state index in [1.54, 1.807) is 0 Å². The van der Waals surface area contributed by atoms with Gasteiger partial charge in [-0.05, 0) is 76.0 Å². The summed E-state index contributed by atoms with van der Waals surface area (Å²) in [5.74, 6) is 0.616. The number of ketones is 1. The quantitative estimate of drug-likeness (QED) is 0.757. The maximum Gasteiger partial charge on any atom is 0.312 e.